The minimum absolute atomic E-state index is 0.137. The average molecular weight is 274 g/mol. The molecule has 0 aromatic carbocycles. The van der Waals surface area contributed by atoms with Crippen LogP contribution in [0.5, 0.6) is 0 Å². The minimum Gasteiger partial charge on any atom is -0.386 e. The standard InChI is InChI=1S/C17H22O3/c1-10-9-13-14(12(10)5-4-8-18)11(2)17(6-7-17)16(3,20)15(13)19/h4-5,8-10,12,15,19-20H,6-7H2,1-3H3/b5-4-/t10?,12?,15?,16-/m0/s1. The number of allylic oxidation sites excluding steroid dienone is 3. The fourth-order valence-electron chi connectivity index (χ4n) is 4.28. The highest BCUT2D eigenvalue weighted by Gasteiger charge is 2.65. The van der Waals surface area contributed by atoms with E-state index in [0.29, 0.717) is 0 Å². The summed E-state index contributed by atoms with van der Waals surface area (Å²) < 4.78 is 0. The van der Waals surface area contributed by atoms with Gasteiger partial charge >= 0.3 is 0 Å². The number of hydrogen-bond acceptors (Lipinski definition) is 3. The highest BCUT2D eigenvalue weighted by molar-refractivity contribution is 5.66. The third kappa shape index (κ3) is 1.51. The molecule has 1 spiro atoms. The van der Waals surface area contributed by atoms with Crippen LogP contribution in [0.1, 0.15) is 33.6 Å². The Labute approximate surface area is 119 Å². The zero-order valence-corrected chi connectivity index (χ0v) is 12.3. The summed E-state index contributed by atoms with van der Waals surface area (Å²) >= 11 is 0. The lowest BCUT2D eigenvalue weighted by molar-refractivity contribution is -0.104. The Hall–Kier alpha value is -1.19. The number of rotatable bonds is 2. The Balaban J connectivity index is 2.15. The van der Waals surface area contributed by atoms with Crippen molar-refractivity contribution in [1.82, 2.24) is 0 Å². The number of aliphatic hydroxyl groups is 2. The number of aldehydes is 1. The van der Waals surface area contributed by atoms with Crippen molar-refractivity contribution in [3.05, 3.63) is 34.9 Å². The van der Waals surface area contributed by atoms with Crippen molar-refractivity contribution in [3.63, 3.8) is 0 Å². The molecule has 0 bridgehead atoms. The first kappa shape index (κ1) is 13.8. The van der Waals surface area contributed by atoms with E-state index in [1.54, 1.807) is 6.92 Å². The van der Waals surface area contributed by atoms with Crippen LogP contribution in [0.3, 0.4) is 0 Å². The zero-order valence-electron chi connectivity index (χ0n) is 12.3. The molecule has 3 rings (SSSR count). The summed E-state index contributed by atoms with van der Waals surface area (Å²) in [5.74, 6) is 0.379. The van der Waals surface area contributed by atoms with E-state index in [4.69, 9.17) is 0 Å². The number of hydrogen-bond donors (Lipinski definition) is 2. The summed E-state index contributed by atoms with van der Waals surface area (Å²) in [6.45, 7) is 5.92. The number of aliphatic hydroxyl groups excluding tert-OH is 1. The van der Waals surface area contributed by atoms with Crippen molar-refractivity contribution in [1.29, 1.82) is 0 Å². The number of fused-ring (bicyclic) bond motifs is 1. The molecule has 4 atom stereocenters. The first-order chi connectivity index (χ1) is 9.37. The lowest BCUT2D eigenvalue weighted by Crippen LogP contribution is -2.52. The Morgan fingerprint density at radius 3 is 2.60 bits per heavy atom. The molecular formula is C17H22O3. The Bertz CT molecular complexity index is 547. The fourth-order valence-corrected chi connectivity index (χ4v) is 4.28. The van der Waals surface area contributed by atoms with Crippen molar-refractivity contribution in [2.45, 2.75) is 45.3 Å². The largest absolute Gasteiger partial charge is 0.386 e. The van der Waals surface area contributed by atoms with Gasteiger partial charge in [-0.2, -0.15) is 0 Å². The molecule has 3 unspecified atom stereocenters. The van der Waals surface area contributed by atoms with Gasteiger partial charge in [0.1, 0.15) is 18.0 Å². The number of carbonyl (C=O) groups excluding carboxylic acids is 1. The molecule has 0 amide bonds. The summed E-state index contributed by atoms with van der Waals surface area (Å²) in [5, 5.41) is 21.4. The van der Waals surface area contributed by atoms with E-state index in [-0.39, 0.29) is 17.3 Å². The van der Waals surface area contributed by atoms with Crippen molar-refractivity contribution in [3.8, 4) is 0 Å². The molecule has 3 aliphatic carbocycles. The van der Waals surface area contributed by atoms with E-state index >= 15 is 0 Å². The van der Waals surface area contributed by atoms with Crippen LogP contribution < -0.4 is 0 Å². The molecule has 3 heteroatoms. The first-order valence-electron chi connectivity index (χ1n) is 7.32. The molecular weight excluding hydrogens is 252 g/mol. The van der Waals surface area contributed by atoms with Gasteiger partial charge in [-0.05, 0) is 49.8 Å². The molecule has 1 saturated carbocycles. The molecule has 0 radical (unpaired) electrons. The zero-order chi connectivity index (χ0) is 14.7. The maximum atomic E-state index is 10.8. The van der Waals surface area contributed by atoms with Crippen molar-refractivity contribution in [2.75, 3.05) is 0 Å². The Kier molecular flexibility index (Phi) is 2.86. The second kappa shape index (κ2) is 4.15. The minimum atomic E-state index is -1.09. The van der Waals surface area contributed by atoms with Crippen LogP contribution >= 0.6 is 0 Å². The van der Waals surface area contributed by atoms with Crippen LogP contribution in [0.2, 0.25) is 0 Å². The maximum absolute atomic E-state index is 10.8. The van der Waals surface area contributed by atoms with Gasteiger partial charge < -0.3 is 10.2 Å². The van der Waals surface area contributed by atoms with Crippen molar-refractivity contribution < 1.29 is 15.0 Å². The SMILES string of the molecule is CC1=C2C(=CC(C)C2/C=C\C=O)C(O)[C@](C)(O)C12CC2. The monoisotopic (exact) mass is 274 g/mol. The van der Waals surface area contributed by atoms with Crippen LogP contribution in [-0.2, 0) is 4.79 Å². The van der Waals surface area contributed by atoms with Gasteiger partial charge in [-0.3, -0.25) is 4.79 Å². The van der Waals surface area contributed by atoms with E-state index in [1.807, 2.05) is 12.2 Å². The Morgan fingerprint density at radius 2 is 2.05 bits per heavy atom. The second-order valence-corrected chi connectivity index (χ2v) is 6.70. The quantitative estimate of drug-likeness (QED) is 0.599. The molecule has 0 aromatic rings. The third-order valence-electron chi connectivity index (χ3n) is 5.72. The van der Waals surface area contributed by atoms with Crippen LogP contribution in [0.15, 0.2) is 34.9 Å². The van der Waals surface area contributed by atoms with Gasteiger partial charge in [0.05, 0.1) is 0 Å². The molecule has 0 heterocycles. The van der Waals surface area contributed by atoms with Crippen molar-refractivity contribution >= 4 is 6.29 Å². The third-order valence-corrected chi connectivity index (χ3v) is 5.72. The lowest BCUT2D eigenvalue weighted by Gasteiger charge is -2.45. The van der Waals surface area contributed by atoms with Crippen LogP contribution in [0.25, 0.3) is 0 Å². The average Bonchev–Trinajstić information content (AvgIpc) is 3.14. The molecule has 20 heavy (non-hydrogen) atoms. The van der Waals surface area contributed by atoms with Crippen LogP contribution in [0, 0.1) is 17.3 Å². The predicted molar refractivity (Wildman–Crippen MR) is 76.9 cm³/mol. The van der Waals surface area contributed by atoms with E-state index < -0.39 is 11.7 Å². The van der Waals surface area contributed by atoms with E-state index in [0.717, 1.165) is 30.3 Å². The molecule has 108 valence electrons. The predicted octanol–water partition coefficient (Wildman–Crippen LogP) is 2.16. The molecule has 2 N–H and O–H groups in total. The Morgan fingerprint density at radius 1 is 1.40 bits per heavy atom. The fraction of sp³-hybridized carbons (Fsp3) is 0.588. The van der Waals surface area contributed by atoms with Crippen LogP contribution in [0.4, 0.5) is 0 Å². The van der Waals surface area contributed by atoms with Gasteiger partial charge in [-0.1, -0.05) is 24.6 Å². The maximum Gasteiger partial charge on any atom is 0.142 e. The molecule has 3 nitrogen and oxygen atoms in total. The molecule has 0 saturated heterocycles. The number of carbonyl (C=O) groups is 1. The molecule has 3 aliphatic rings. The van der Waals surface area contributed by atoms with Gasteiger partial charge in [0.2, 0.25) is 0 Å². The van der Waals surface area contributed by atoms with Gasteiger partial charge in [0.15, 0.2) is 0 Å². The van der Waals surface area contributed by atoms with E-state index in [9.17, 15) is 15.0 Å². The van der Waals surface area contributed by atoms with Crippen LogP contribution in [-0.4, -0.2) is 28.2 Å². The summed E-state index contributed by atoms with van der Waals surface area (Å²) in [6.07, 6.45) is 7.33. The van der Waals surface area contributed by atoms with Crippen molar-refractivity contribution in [2.24, 2.45) is 17.3 Å². The summed E-state index contributed by atoms with van der Waals surface area (Å²) in [5.41, 5.74) is 1.85. The van der Waals surface area contributed by atoms with Gasteiger partial charge in [-0.15, -0.1) is 0 Å². The first-order valence-corrected chi connectivity index (χ1v) is 7.32. The molecule has 1 fully saturated rings. The molecule has 0 aromatic heterocycles. The van der Waals surface area contributed by atoms with Gasteiger partial charge in [0, 0.05) is 11.3 Å². The lowest BCUT2D eigenvalue weighted by atomic mass is 9.66. The van der Waals surface area contributed by atoms with E-state index in [2.05, 4.69) is 13.8 Å². The topological polar surface area (TPSA) is 57.5 Å². The molecule has 0 aliphatic heterocycles. The summed E-state index contributed by atoms with van der Waals surface area (Å²) in [4.78, 5) is 10.6. The van der Waals surface area contributed by atoms with Gasteiger partial charge in [0.25, 0.3) is 0 Å². The normalized spacial score (nSPS) is 42.0. The highest BCUT2D eigenvalue weighted by Crippen LogP contribution is 2.66. The smallest absolute Gasteiger partial charge is 0.142 e. The summed E-state index contributed by atoms with van der Waals surface area (Å²) in [7, 11) is 0. The van der Waals surface area contributed by atoms with Gasteiger partial charge in [-0.25, -0.2) is 0 Å². The summed E-state index contributed by atoms with van der Waals surface area (Å²) in [6, 6.07) is 0. The second-order valence-electron chi connectivity index (χ2n) is 6.70. The highest BCUT2D eigenvalue weighted by atomic mass is 16.3. The van der Waals surface area contributed by atoms with E-state index in [1.165, 1.54) is 11.6 Å².